The number of fused-ring (bicyclic) bond motifs is 1. The Morgan fingerprint density at radius 3 is 2.63 bits per heavy atom. The zero-order valence-electron chi connectivity index (χ0n) is 13.3. The maximum atomic E-state index is 13.0. The Bertz CT molecular complexity index is 1060. The molecular weight excluding hydrogens is 421 g/mol. The standard InChI is InChI=1S/C15H11Cl2N3O6S/c16-9-5-11(17)13-12(6-9)18-14(15(21)22)19(27(13,25)26)7-8-2-1-3-10(4-8)20(23)24/h1-6,14,18H,7H2,(H,21,22). The summed E-state index contributed by atoms with van der Waals surface area (Å²) in [6, 6.07) is 7.76. The first-order chi connectivity index (χ1) is 12.6. The van der Waals surface area contributed by atoms with Crippen molar-refractivity contribution < 1.29 is 23.2 Å². The molecule has 0 spiro atoms. The minimum Gasteiger partial charge on any atom is -0.479 e. The van der Waals surface area contributed by atoms with Gasteiger partial charge in [0.1, 0.15) is 4.90 Å². The number of non-ortho nitro benzene ring substituents is 1. The highest BCUT2D eigenvalue weighted by Crippen LogP contribution is 2.40. The van der Waals surface area contributed by atoms with Gasteiger partial charge in [0, 0.05) is 23.7 Å². The molecule has 3 rings (SSSR count). The van der Waals surface area contributed by atoms with Crippen LogP contribution >= 0.6 is 23.2 Å². The Morgan fingerprint density at radius 2 is 2.00 bits per heavy atom. The lowest BCUT2D eigenvalue weighted by atomic mass is 10.2. The van der Waals surface area contributed by atoms with Crippen molar-refractivity contribution in [3.8, 4) is 0 Å². The van der Waals surface area contributed by atoms with Gasteiger partial charge in [-0.1, -0.05) is 35.3 Å². The fraction of sp³-hybridized carbons (Fsp3) is 0.133. The van der Waals surface area contributed by atoms with E-state index in [1.54, 1.807) is 0 Å². The summed E-state index contributed by atoms with van der Waals surface area (Å²) in [5.74, 6) is -1.45. The van der Waals surface area contributed by atoms with Gasteiger partial charge in [-0.05, 0) is 17.7 Å². The fourth-order valence-electron chi connectivity index (χ4n) is 2.71. The van der Waals surface area contributed by atoms with Gasteiger partial charge >= 0.3 is 5.97 Å². The first-order valence-electron chi connectivity index (χ1n) is 7.35. The Balaban J connectivity index is 2.11. The zero-order chi connectivity index (χ0) is 19.9. The number of nitro benzene ring substituents is 1. The number of nitro groups is 1. The monoisotopic (exact) mass is 431 g/mol. The van der Waals surface area contributed by atoms with Crippen molar-refractivity contribution in [1.82, 2.24) is 4.31 Å². The number of halogens is 2. The molecule has 27 heavy (non-hydrogen) atoms. The van der Waals surface area contributed by atoms with Gasteiger partial charge in [-0.2, -0.15) is 4.31 Å². The summed E-state index contributed by atoms with van der Waals surface area (Å²) in [5.41, 5.74) is -0.0310. The topological polar surface area (TPSA) is 130 Å². The Labute approximate surface area is 163 Å². The van der Waals surface area contributed by atoms with Crippen LogP contribution in [0.1, 0.15) is 5.56 Å². The van der Waals surface area contributed by atoms with E-state index in [-0.39, 0.29) is 31.9 Å². The molecule has 2 aromatic rings. The van der Waals surface area contributed by atoms with E-state index in [0.717, 1.165) is 0 Å². The number of sulfonamides is 1. The highest BCUT2D eigenvalue weighted by Gasteiger charge is 2.43. The highest BCUT2D eigenvalue weighted by atomic mass is 35.5. The predicted molar refractivity (Wildman–Crippen MR) is 97.3 cm³/mol. The van der Waals surface area contributed by atoms with E-state index in [0.29, 0.717) is 4.31 Å². The molecule has 1 heterocycles. The molecule has 0 saturated heterocycles. The van der Waals surface area contributed by atoms with Crippen LogP contribution in [-0.4, -0.2) is 34.9 Å². The molecule has 1 unspecified atom stereocenters. The highest BCUT2D eigenvalue weighted by molar-refractivity contribution is 7.89. The van der Waals surface area contributed by atoms with Gasteiger partial charge in [-0.25, -0.2) is 13.2 Å². The predicted octanol–water partition coefficient (Wildman–Crippen LogP) is 2.93. The summed E-state index contributed by atoms with van der Waals surface area (Å²) in [7, 11) is -4.33. The van der Waals surface area contributed by atoms with E-state index in [9.17, 15) is 28.4 Å². The summed E-state index contributed by atoms with van der Waals surface area (Å²) in [5, 5.41) is 23.0. The quantitative estimate of drug-likeness (QED) is 0.561. The Hall–Kier alpha value is -2.40. The van der Waals surface area contributed by atoms with Crippen molar-refractivity contribution in [3.63, 3.8) is 0 Å². The van der Waals surface area contributed by atoms with E-state index < -0.39 is 33.6 Å². The molecule has 2 N–H and O–H groups in total. The molecule has 9 nitrogen and oxygen atoms in total. The summed E-state index contributed by atoms with van der Waals surface area (Å²) in [6.45, 7) is -0.410. The third-order valence-electron chi connectivity index (χ3n) is 3.85. The second-order valence-corrected chi connectivity index (χ2v) is 8.30. The van der Waals surface area contributed by atoms with Crippen LogP contribution in [0, 0.1) is 10.1 Å². The van der Waals surface area contributed by atoms with Crippen molar-refractivity contribution in [2.45, 2.75) is 17.6 Å². The minimum atomic E-state index is -4.33. The number of anilines is 1. The molecule has 142 valence electrons. The molecule has 2 aromatic carbocycles. The second kappa shape index (κ2) is 6.97. The average molecular weight is 432 g/mol. The van der Waals surface area contributed by atoms with Crippen molar-refractivity contribution in [3.05, 3.63) is 62.1 Å². The van der Waals surface area contributed by atoms with Crippen LogP contribution in [0.2, 0.25) is 10.0 Å². The van der Waals surface area contributed by atoms with Crippen LogP contribution in [0.25, 0.3) is 0 Å². The Morgan fingerprint density at radius 1 is 1.30 bits per heavy atom. The van der Waals surface area contributed by atoms with Gasteiger partial charge in [-0.15, -0.1) is 0 Å². The largest absolute Gasteiger partial charge is 0.479 e. The third kappa shape index (κ3) is 3.56. The van der Waals surface area contributed by atoms with Gasteiger partial charge in [-0.3, -0.25) is 10.1 Å². The first-order valence-corrected chi connectivity index (χ1v) is 9.54. The number of nitrogens with zero attached hydrogens (tertiary/aromatic N) is 2. The molecule has 1 aliphatic heterocycles. The molecule has 0 aromatic heterocycles. The smallest absolute Gasteiger partial charge is 0.342 e. The number of carboxylic acid groups (broad SMARTS) is 1. The maximum absolute atomic E-state index is 13.0. The number of hydrogen-bond donors (Lipinski definition) is 2. The summed E-state index contributed by atoms with van der Waals surface area (Å²) in [4.78, 5) is 21.6. The Kier molecular flexibility index (Phi) is 5.00. The van der Waals surface area contributed by atoms with E-state index in [2.05, 4.69) is 5.32 Å². The molecule has 0 aliphatic carbocycles. The van der Waals surface area contributed by atoms with E-state index in [1.165, 1.54) is 36.4 Å². The lowest BCUT2D eigenvalue weighted by molar-refractivity contribution is -0.384. The van der Waals surface area contributed by atoms with Gasteiger partial charge in [0.05, 0.1) is 15.6 Å². The number of benzene rings is 2. The number of carboxylic acids is 1. The molecule has 0 amide bonds. The molecule has 0 bridgehead atoms. The molecule has 0 fully saturated rings. The molecule has 0 radical (unpaired) electrons. The van der Waals surface area contributed by atoms with Gasteiger partial charge in [0.15, 0.2) is 6.17 Å². The average Bonchev–Trinajstić information content (AvgIpc) is 2.56. The molecule has 1 atom stereocenters. The van der Waals surface area contributed by atoms with Crippen molar-refractivity contribution >= 4 is 50.6 Å². The van der Waals surface area contributed by atoms with Crippen LogP contribution in [0.5, 0.6) is 0 Å². The second-order valence-electron chi connectivity index (χ2n) is 5.63. The van der Waals surface area contributed by atoms with Crippen LogP contribution in [-0.2, 0) is 21.4 Å². The van der Waals surface area contributed by atoms with Gasteiger partial charge < -0.3 is 10.4 Å². The number of rotatable bonds is 4. The van der Waals surface area contributed by atoms with Crippen LogP contribution < -0.4 is 5.32 Å². The maximum Gasteiger partial charge on any atom is 0.342 e. The molecular formula is C15H11Cl2N3O6S. The van der Waals surface area contributed by atoms with Gasteiger partial charge in [0.25, 0.3) is 5.69 Å². The summed E-state index contributed by atoms with van der Waals surface area (Å²) >= 11 is 11.9. The first kappa shape index (κ1) is 19.4. The molecule has 1 aliphatic rings. The van der Waals surface area contributed by atoms with Crippen LogP contribution in [0.4, 0.5) is 11.4 Å². The lowest BCUT2D eigenvalue weighted by Gasteiger charge is -2.35. The molecule has 0 saturated carbocycles. The third-order valence-corrected chi connectivity index (χ3v) is 6.39. The van der Waals surface area contributed by atoms with Crippen molar-refractivity contribution in [1.29, 1.82) is 0 Å². The number of hydrogen-bond acceptors (Lipinski definition) is 6. The van der Waals surface area contributed by atoms with Crippen LogP contribution in [0.15, 0.2) is 41.3 Å². The van der Waals surface area contributed by atoms with E-state index in [4.69, 9.17) is 23.2 Å². The minimum absolute atomic E-state index is 0.0322. The normalized spacial score (nSPS) is 18.4. The number of aliphatic carboxylic acids is 1. The van der Waals surface area contributed by atoms with Gasteiger partial charge in [0.2, 0.25) is 10.0 Å². The number of carbonyl (C=O) groups is 1. The molecule has 12 heteroatoms. The van der Waals surface area contributed by atoms with E-state index >= 15 is 0 Å². The SMILES string of the molecule is O=C(O)C1Nc2cc(Cl)cc(Cl)c2S(=O)(=O)N1Cc1cccc([N+](=O)[O-])c1. The summed E-state index contributed by atoms with van der Waals surface area (Å²) in [6.07, 6.45) is -1.64. The summed E-state index contributed by atoms with van der Waals surface area (Å²) < 4.78 is 26.7. The zero-order valence-corrected chi connectivity index (χ0v) is 15.6. The van der Waals surface area contributed by atoms with Crippen molar-refractivity contribution in [2.24, 2.45) is 0 Å². The van der Waals surface area contributed by atoms with Crippen LogP contribution in [0.3, 0.4) is 0 Å². The van der Waals surface area contributed by atoms with Crippen molar-refractivity contribution in [2.75, 3.05) is 5.32 Å². The lowest BCUT2D eigenvalue weighted by Crippen LogP contribution is -2.52. The van der Waals surface area contributed by atoms with E-state index in [1.807, 2.05) is 0 Å². The number of nitrogens with one attached hydrogen (secondary N) is 1. The fourth-order valence-corrected chi connectivity index (χ4v) is 5.18.